The lowest BCUT2D eigenvalue weighted by atomic mass is 9.96. The zero-order valence-corrected chi connectivity index (χ0v) is 14.1. The average Bonchev–Trinajstić information content (AvgIpc) is 2.81. The quantitative estimate of drug-likeness (QED) is 0.815. The first kappa shape index (κ1) is 14.5. The standard InChI is InChI=1S/C15H15BrN2O2S/c1-11-8-13(16)10-15(2,9-11)21(19,20)18-7-5-12-4-3-6-17-14(12)18/h3-8,10H,9H2,1-2H3. The summed E-state index contributed by atoms with van der Waals surface area (Å²) >= 11 is 3.41. The summed E-state index contributed by atoms with van der Waals surface area (Å²) in [6, 6.07) is 5.42. The zero-order chi connectivity index (χ0) is 15.3. The molecule has 2 heterocycles. The molecule has 1 atom stereocenters. The zero-order valence-electron chi connectivity index (χ0n) is 11.7. The molecule has 0 amide bonds. The van der Waals surface area contributed by atoms with Crippen LogP contribution in [0.1, 0.15) is 20.3 Å². The van der Waals surface area contributed by atoms with Gasteiger partial charge in [0.25, 0.3) is 0 Å². The van der Waals surface area contributed by atoms with Crippen LogP contribution >= 0.6 is 15.9 Å². The molecule has 0 saturated carbocycles. The molecule has 0 spiro atoms. The molecule has 0 fully saturated rings. The van der Waals surface area contributed by atoms with Gasteiger partial charge in [-0.05, 0) is 50.6 Å². The number of aromatic nitrogens is 2. The van der Waals surface area contributed by atoms with E-state index in [9.17, 15) is 8.42 Å². The number of rotatable bonds is 2. The molecule has 3 rings (SSSR count). The molecule has 0 aromatic carbocycles. The summed E-state index contributed by atoms with van der Waals surface area (Å²) in [5.74, 6) is 0. The maximum Gasteiger partial charge on any atom is 0.249 e. The minimum Gasteiger partial charge on any atom is -0.237 e. The topological polar surface area (TPSA) is 52.0 Å². The maximum absolute atomic E-state index is 13.1. The van der Waals surface area contributed by atoms with Gasteiger partial charge in [0.15, 0.2) is 5.65 Å². The van der Waals surface area contributed by atoms with Crippen molar-refractivity contribution in [2.75, 3.05) is 0 Å². The van der Waals surface area contributed by atoms with E-state index in [4.69, 9.17) is 0 Å². The second-order valence-corrected chi connectivity index (χ2v) is 8.73. The van der Waals surface area contributed by atoms with Crippen molar-refractivity contribution in [1.29, 1.82) is 0 Å². The molecule has 110 valence electrons. The van der Waals surface area contributed by atoms with Gasteiger partial charge in [-0.3, -0.25) is 0 Å². The molecule has 0 radical (unpaired) electrons. The van der Waals surface area contributed by atoms with Gasteiger partial charge in [-0.2, -0.15) is 0 Å². The van der Waals surface area contributed by atoms with Gasteiger partial charge in [-0.25, -0.2) is 17.4 Å². The van der Waals surface area contributed by atoms with E-state index in [0.29, 0.717) is 12.1 Å². The third-order valence-electron chi connectivity index (χ3n) is 3.72. The molecule has 1 aliphatic carbocycles. The molecule has 1 unspecified atom stereocenters. The smallest absolute Gasteiger partial charge is 0.237 e. The van der Waals surface area contributed by atoms with Gasteiger partial charge in [-0.1, -0.05) is 21.5 Å². The largest absolute Gasteiger partial charge is 0.249 e. The maximum atomic E-state index is 13.1. The highest BCUT2D eigenvalue weighted by atomic mass is 79.9. The lowest BCUT2D eigenvalue weighted by molar-refractivity contribution is 0.551. The predicted molar refractivity (Wildman–Crippen MR) is 87.8 cm³/mol. The van der Waals surface area contributed by atoms with Crippen molar-refractivity contribution in [2.24, 2.45) is 0 Å². The Kier molecular flexibility index (Phi) is 3.33. The molecule has 21 heavy (non-hydrogen) atoms. The van der Waals surface area contributed by atoms with Crippen LogP contribution in [-0.4, -0.2) is 22.1 Å². The van der Waals surface area contributed by atoms with Crippen molar-refractivity contribution >= 4 is 37.0 Å². The van der Waals surface area contributed by atoms with Crippen LogP contribution in [0, 0.1) is 0 Å². The van der Waals surface area contributed by atoms with Gasteiger partial charge in [0.1, 0.15) is 4.75 Å². The lowest BCUT2D eigenvalue weighted by Gasteiger charge is -2.30. The van der Waals surface area contributed by atoms with E-state index in [1.165, 1.54) is 3.97 Å². The summed E-state index contributed by atoms with van der Waals surface area (Å²) < 4.78 is 27.3. The van der Waals surface area contributed by atoms with Crippen molar-refractivity contribution in [3.8, 4) is 0 Å². The van der Waals surface area contributed by atoms with Crippen LogP contribution in [0.25, 0.3) is 11.0 Å². The minimum atomic E-state index is -3.60. The second kappa shape index (κ2) is 4.81. The van der Waals surface area contributed by atoms with Gasteiger partial charge in [0, 0.05) is 22.3 Å². The Labute approximate surface area is 132 Å². The minimum absolute atomic E-state index is 0.468. The van der Waals surface area contributed by atoms with Crippen molar-refractivity contribution in [1.82, 2.24) is 8.96 Å². The van der Waals surface area contributed by atoms with Crippen LogP contribution in [0.3, 0.4) is 0 Å². The van der Waals surface area contributed by atoms with Gasteiger partial charge < -0.3 is 0 Å². The molecule has 2 aromatic heterocycles. The number of hydrogen-bond acceptors (Lipinski definition) is 3. The highest BCUT2D eigenvalue weighted by Crippen LogP contribution is 2.36. The van der Waals surface area contributed by atoms with Crippen molar-refractivity contribution in [2.45, 2.75) is 25.0 Å². The first-order valence-corrected chi connectivity index (χ1v) is 8.79. The molecule has 2 aromatic rings. The SMILES string of the molecule is CC1=CC(Br)=CC(C)(S(=O)(=O)n2ccc3cccnc32)C1. The molecule has 0 N–H and O–H groups in total. The van der Waals surface area contributed by atoms with Crippen LogP contribution in [0.2, 0.25) is 0 Å². The average molecular weight is 367 g/mol. The van der Waals surface area contributed by atoms with Crippen molar-refractivity contribution in [3.63, 3.8) is 0 Å². The number of fused-ring (bicyclic) bond motifs is 1. The third-order valence-corrected chi connectivity index (χ3v) is 6.43. The third kappa shape index (κ3) is 2.26. The molecular weight excluding hydrogens is 352 g/mol. The molecule has 0 saturated heterocycles. The van der Waals surface area contributed by atoms with Crippen LogP contribution in [-0.2, 0) is 10.0 Å². The van der Waals surface area contributed by atoms with E-state index in [-0.39, 0.29) is 0 Å². The normalized spacial score (nSPS) is 23.0. The molecule has 1 aliphatic rings. The monoisotopic (exact) mass is 366 g/mol. The number of allylic oxidation sites excluding steroid dienone is 3. The fourth-order valence-electron chi connectivity index (χ4n) is 2.75. The van der Waals surface area contributed by atoms with Gasteiger partial charge in [0.05, 0.1) is 0 Å². The first-order chi connectivity index (χ1) is 9.83. The summed E-state index contributed by atoms with van der Waals surface area (Å²) in [4.78, 5) is 4.21. The lowest BCUT2D eigenvalue weighted by Crippen LogP contribution is -2.39. The summed E-state index contributed by atoms with van der Waals surface area (Å²) in [7, 11) is -3.60. The first-order valence-electron chi connectivity index (χ1n) is 6.56. The number of halogens is 1. The van der Waals surface area contributed by atoms with E-state index in [2.05, 4.69) is 20.9 Å². The van der Waals surface area contributed by atoms with Crippen LogP contribution in [0.5, 0.6) is 0 Å². The van der Waals surface area contributed by atoms with E-state index in [0.717, 1.165) is 15.4 Å². The van der Waals surface area contributed by atoms with Gasteiger partial charge in [-0.15, -0.1) is 0 Å². The Hall–Kier alpha value is -1.40. The van der Waals surface area contributed by atoms with Crippen LogP contribution in [0.4, 0.5) is 0 Å². The summed E-state index contributed by atoms with van der Waals surface area (Å²) in [6.45, 7) is 3.68. The molecular formula is C15H15BrN2O2S. The molecule has 0 bridgehead atoms. The summed E-state index contributed by atoms with van der Waals surface area (Å²) in [6.07, 6.45) is 7.35. The predicted octanol–water partition coefficient (Wildman–Crippen LogP) is 3.60. The summed E-state index contributed by atoms with van der Waals surface area (Å²) in [5, 5.41) is 0.816. The van der Waals surface area contributed by atoms with Crippen LogP contribution < -0.4 is 0 Å². The molecule has 4 nitrogen and oxygen atoms in total. The Morgan fingerprint density at radius 2 is 2.14 bits per heavy atom. The Morgan fingerprint density at radius 1 is 1.38 bits per heavy atom. The van der Waals surface area contributed by atoms with Crippen molar-refractivity contribution in [3.05, 3.63) is 52.8 Å². The Bertz CT molecular complexity index is 880. The molecule has 6 heteroatoms. The van der Waals surface area contributed by atoms with Crippen LogP contribution in [0.15, 0.2) is 52.8 Å². The van der Waals surface area contributed by atoms with Gasteiger partial charge >= 0.3 is 0 Å². The van der Waals surface area contributed by atoms with Crippen molar-refractivity contribution < 1.29 is 8.42 Å². The van der Waals surface area contributed by atoms with Gasteiger partial charge in [0.2, 0.25) is 10.0 Å². The van der Waals surface area contributed by atoms with E-state index in [1.54, 1.807) is 37.5 Å². The number of hydrogen-bond donors (Lipinski definition) is 0. The highest BCUT2D eigenvalue weighted by molar-refractivity contribution is 9.11. The van der Waals surface area contributed by atoms with E-state index in [1.807, 2.05) is 19.1 Å². The Balaban J connectivity index is 2.20. The van der Waals surface area contributed by atoms with E-state index < -0.39 is 14.8 Å². The number of pyridine rings is 1. The Morgan fingerprint density at radius 3 is 2.86 bits per heavy atom. The number of nitrogens with zero attached hydrogens (tertiary/aromatic N) is 2. The fourth-order valence-corrected chi connectivity index (χ4v) is 5.54. The summed E-state index contributed by atoms with van der Waals surface area (Å²) in [5.41, 5.74) is 1.50. The van der Waals surface area contributed by atoms with E-state index >= 15 is 0 Å². The second-order valence-electron chi connectivity index (χ2n) is 5.54. The fraction of sp³-hybridized carbons (Fsp3) is 0.267. The molecule has 0 aliphatic heterocycles. The highest BCUT2D eigenvalue weighted by Gasteiger charge is 2.41.